The molecule has 1 fully saturated rings. The molecule has 4 heterocycles. The van der Waals surface area contributed by atoms with Gasteiger partial charge in [-0.1, -0.05) is 6.92 Å². The molecule has 7 nitrogen and oxygen atoms in total. The number of alkyl halides is 5. The van der Waals surface area contributed by atoms with Crippen LogP contribution in [0.15, 0.2) is 47.9 Å². The molecule has 0 radical (unpaired) electrons. The highest BCUT2D eigenvalue weighted by Crippen LogP contribution is 2.45. The molecule has 0 aliphatic heterocycles. The van der Waals surface area contributed by atoms with Gasteiger partial charge in [-0.05, 0) is 42.5 Å². The maximum Gasteiger partial charge on any atom is 0.458 e. The van der Waals surface area contributed by atoms with Gasteiger partial charge in [0.25, 0.3) is 0 Å². The van der Waals surface area contributed by atoms with Crippen LogP contribution < -0.4 is 0 Å². The number of hydrogen-bond donors (Lipinski definition) is 0. The summed E-state index contributed by atoms with van der Waals surface area (Å²) >= 11 is 0. The SMILES string of the molecule is CCS(=O)(=O)c1cc(-c2cnccc2C2CC2)cnc1-c1nc2cc(C(F)(F)C(F)(F)F)cnc2n1C. The summed E-state index contributed by atoms with van der Waals surface area (Å²) in [5, 5.41) is 0. The number of aromatic nitrogens is 5. The van der Waals surface area contributed by atoms with E-state index in [0.717, 1.165) is 24.0 Å². The first-order valence-electron chi connectivity index (χ1n) is 11.3. The molecule has 0 saturated heterocycles. The second kappa shape index (κ2) is 8.54. The van der Waals surface area contributed by atoms with Crippen LogP contribution in [0.4, 0.5) is 22.0 Å². The number of aryl methyl sites for hydroxylation is 1. The Balaban J connectivity index is 1.68. The zero-order valence-corrected chi connectivity index (χ0v) is 20.4. The summed E-state index contributed by atoms with van der Waals surface area (Å²) in [5.74, 6) is -5.07. The van der Waals surface area contributed by atoms with Gasteiger partial charge in [-0.2, -0.15) is 22.0 Å². The Kier molecular flexibility index (Phi) is 5.81. The smallest absolute Gasteiger partial charge is 0.310 e. The maximum atomic E-state index is 13.9. The average Bonchev–Trinajstić information content (AvgIpc) is 3.66. The molecular weight excluding hydrogens is 517 g/mol. The minimum Gasteiger partial charge on any atom is -0.310 e. The van der Waals surface area contributed by atoms with Crippen molar-refractivity contribution >= 4 is 21.0 Å². The Morgan fingerprint density at radius 2 is 1.78 bits per heavy atom. The lowest BCUT2D eigenvalue weighted by Gasteiger charge is -2.19. The quantitative estimate of drug-likeness (QED) is 0.305. The van der Waals surface area contributed by atoms with Crippen molar-refractivity contribution < 1.29 is 30.4 Å². The first-order chi connectivity index (χ1) is 17.3. The molecule has 0 bridgehead atoms. The minimum absolute atomic E-state index is 0.00859. The standard InChI is InChI=1S/C24H20F5N5O2S/c1-3-37(35,36)19-8-14(17-12-30-7-6-16(17)13-4-5-13)10-31-20(19)22-33-18-9-15(11-32-21(18)34(22)2)23(25,26)24(27,28)29/h6-13H,3-5H2,1-2H3. The number of imidazole rings is 1. The summed E-state index contributed by atoms with van der Waals surface area (Å²) in [6, 6.07) is 3.96. The van der Waals surface area contributed by atoms with Crippen LogP contribution in [-0.4, -0.2) is 44.8 Å². The van der Waals surface area contributed by atoms with Gasteiger partial charge in [-0.15, -0.1) is 0 Å². The van der Waals surface area contributed by atoms with Crippen molar-refractivity contribution in [1.82, 2.24) is 24.5 Å². The Hall–Kier alpha value is -3.48. The number of hydrogen-bond acceptors (Lipinski definition) is 6. The lowest BCUT2D eigenvalue weighted by molar-refractivity contribution is -0.289. The van der Waals surface area contributed by atoms with E-state index < -0.39 is 27.5 Å². The van der Waals surface area contributed by atoms with Gasteiger partial charge in [-0.25, -0.2) is 18.4 Å². The van der Waals surface area contributed by atoms with Gasteiger partial charge < -0.3 is 4.57 Å². The van der Waals surface area contributed by atoms with Gasteiger partial charge in [0.15, 0.2) is 21.3 Å². The van der Waals surface area contributed by atoms with Crippen LogP contribution >= 0.6 is 0 Å². The summed E-state index contributed by atoms with van der Waals surface area (Å²) < 4.78 is 93.9. The van der Waals surface area contributed by atoms with Crippen molar-refractivity contribution in [3.8, 4) is 22.6 Å². The summed E-state index contributed by atoms with van der Waals surface area (Å²) in [4.78, 5) is 16.3. The van der Waals surface area contributed by atoms with Crippen LogP contribution in [-0.2, 0) is 22.8 Å². The van der Waals surface area contributed by atoms with Gasteiger partial charge in [0.1, 0.15) is 11.2 Å². The maximum absolute atomic E-state index is 13.9. The molecule has 0 amide bonds. The molecule has 0 atom stereocenters. The fraction of sp³-hybridized carbons (Fsp3) is 0.333. The lowest BCUT2D eigenvalue weighted by Crippen LogP contribution is -2.33. The van der Waals surface area contributed by atoms with Crippen LogP contribution in [0, 0.1) is 0 Å². The van der Waals surface area contributed by atoms with E-state index in [2.05, 4.69) is 19.9 Å². The summed E-state index contributed by atoms with van der Waals surface area (Å²) in [6.07, 6.45) is 1.45. The molecule has 0 aromatic carbocycles. The molecule has 194 valence electrons. The first kappa shape index (κ1) is 25.2. The molecule has 0 spiro atoms. The monoisotopic (exact) mass is 537 g/mol. The lowest BCUT2D eigenvalue weighted by atomic mass is 10.0. The van der Waals surface area contributed by atoms with E-state index in [1.165, 1.54) is 30.8 Å². The normalized spacial score (nSPS) is 14.9. The van der Waals surface area contributed by atoms with E-state index in [1.54, 1.807) is 12.4 Å². The minimum atomic E-state index is -5.81. The molecule has 0 N–H and O–H groups in total. The summed E-state index contributed by atoms with van der Waals surface area (Å²) in [6.45, 7) is 1.47. The molecule has 1 aliphatic rings. The number of nitrogens with zero attached hydrogens (tertiary/aromatic N) is 5. The Labute approximate surface area is 208 Å². The van der Waals surface area contributed by atoms with Crippen LogP contribution in [0.25, 0.3) is 33.8 Å². The zero-order valence-electron chi connectivity index (χ0n) is 19.6. The fourth-order valence-corrected chi connectivity index (χ4v) is 5.23. The number of sulfone groups is 1. The number of fused-ring (bicyclic) bond motifs is 1. The van der Waals surface area contributed by atoms with Gasteiger partial charge >= 0.3 is 12.1 Å². The van der Waals surface area contributed by atoms with Crippen LogP contribution in [0.3, 0.4) is 0 Å². The third-order valence-corrected chi connectivity index (χ3v) is 8.13. The molecule has 4 aromatic heterocycles. The number of pyridine rings is 3. The highest BCUT2D eigenvalue weighted by molar-refractivity contribution is 7.91. The highest BCUT2D eigenvalue weighted by atomic mass is 32.2. The Morgan fingerprint density at radius 1 is 1.05 bits per heavy atom. The number of halogens is 5. The third-order valence-electron chi connectivity index (χ3n) is 6.39. The predicted octanol–water partition coefficient (Wildman–Crippen LogP) is 5.42. The van der Waals surface area contributed by atoms with Gasteiger partial charge in [0.2, 0.25) is 0 Å². The topological polar surface area (TPSA) is 90.6 Å². The molecule has 1 saturated carbocycles. The van der Waals surface area contributed by atoms with Crippen molar-refractivity contribution in [3.05, 3.63) is 54.1 Å². The van der Waals surface area contributed by atoms with Crippen LogP contribution in [0.2, 0.25) is 0 Å². The van der Waals surface area contributed by atoms with Crippen molar-refractivity contribution in [1.29, 1.82) is 0 Å². The largest absolute Gasteiger partial charge is 0.458 e. The van der Waals surface area contributed by atoms with Crippen LogP contribution in [0.1, 0.15) is 36.8 Å². The summed E-state index contributed by atoms with van der Waals surface area (Å²) in [7, 11) is -2.41. The predicted molar refractivity (Wildman–Crippen MR) is 125 cm³/mol. The molecule has 0 unspecified atom stereocenters. The highest BCUT2D eigenvalue weighted by Gasteiger charge is 2.59. The molecular formula is C24H20F5N5O2S. The first-order valence-corrected chi connectivity index (χ1v) is 12.9. The average molecular weight is 538 g/mol. The Morgan fingerprint density at radius 3 is 2.43 bits per heavy atom. The molecule has 37 heavy (non-hydrogen) atoms. The third kappa shape index (κ3) is 4.24. The Bertz CT molecular complexity index is 1630. The molecule has 13 heteroatoms. The van der Waals surface area contributed by atoms with Crippen molar-refractivity contribution in [2.75, 3.05) is 5.75 Å². The van der Waals surface area contributed by atoms with E-state index in [4.69, 9.17) is 0 Å². The van der Waals surface area contributed by atoms with Crippen molar-refractivity contribution in [2.45, 2.75) is 42.7 Å². The number of rotatable bonds is 6. The second-order valence-electron chi connectivity index (χ2n) is 8.84. The molecule has 1 aliphatic carbocycles. The van der Waals surface area contributed by atoms with E-state index >= 15 is 0 Å². The van der Waals surface area contributed by atoms with E-state index in [-0.39, 0.29) is 33.3 Å². The van der Waals surface area contributed by atoms with Crippen molar-refractivity contribution in [2.24, 2.45) is 7.05 Å². The zero-order chi connectivity index (χ0) is 26.8. The van der Waals surface area contributed by atoms with Gasteiger partial charge in [0, 0.05) is 43.0 Å². The van der Waals surface area contributed by atoms with Gasteiger partial charge in [-0.3, -0.25) is 9.97 Å². The van der Waals surface area contributed by atoms with Crippen molar-refractivity contribution in [3.63, 3.8) is 0 Å². The van der Waals surface area contributed by atoms with Crippen LogP contribution in [0.5, 0.6) is 0 Å². The second-order valence-corrected chi connectivity index (χ2v) is 11.1. The molecule has 5 rings (SSSR count). The van der Waals surface area contributed by atoms with Gasteiger partial charge in [0.05, 0.1) is 16.2 Å². The molecule has 4 aromatic rings. The van der Waals surface area contributed by atoms with E-state index in [9.17, 15) is 30.4 Å². The van der Waals surface area contributed by atoms with E-state index in [1.807, 2.05) is 6.07 Å². The summed E-state index contributed by atoms with van der Waals surface area (Å²) in [5.41, 5.74) is 0.628. The fourth-order valence-electron chi connectivity index (χ4n) is 4.17. The van der Waals surface area contributed by atoms with E-state index in [0.29, 0.717) is 23.7 Å².